The zero-order valence-electron chi connectivity index (χ0n) is 12.6. The fourth-order valence-corrected chi connectivity index (χ4v) is 2.81. The molecule has 1 unspecified atom stereocenters. The van der Waals surface area contributed by atoms with Crippen LogP contribution in [0.2, 0.25) is 0 Å². The lowest BCUT2D eigenvalue weighted by Gasteiger charge is -2.15. The van der Waals surface area contributed by atoms with Crippen LogP contribution in [0.25, 0.3) is 0 Å². The van der Waals surface area contributed by atoms with Gasteiger partial charge in [0.2, 0.25) is 10.0 Å². The van der Waals surface area contributed by atoms with Crippen molar-refractivity contribution in [2.75, 3.05) is 12.4 Å². The monoisotopic (exact) mass is 298 g/mol. The van der Waals surface area contributed by atoms with Crippen LogP contribution in [-0.4, -0.2) is 21.5 Å². The molecule has 0 heterocycles. The summed E-state index contributed by atoms with van der Waals surface area (Å²) in [6.07, 6.45) is 6.19. The molecule has 5 heteroatoms. The quantitative estimate of drug-likeness (QED) is 0.687. The number of anilines is 1. The third-order valence-corrected chi connectivity index (χ3v) is 4.77. The van der Waals surface area contributed by atoms with E-state index in [0.717, 1.165) is 12.1 Å². The number of nitrogens with one attached hydrogen (secondary N) is 2. The van der Waals surface area contributed by atoms with E-state index in [1.807, 2.05) is 12.1 Å². The maximum Gasteiger partial charge on any atom is 0.240 e. The van der Waals surface area contributed by atoms with Crippen LogP contribution in [-0.2, 0) is 10.0 Å². The van der Waals surface area contributed by atoms with E-state index in [1.54, 1.807) is 12.1 Å². The topological polar surface area (TPSA) is 58.2 Å². The van der Waals surface area contributed by atoms with Crippen molar-refractivity contribution in [2.45, 2.75) is 56.9 Å². The van der Waals surface area contributed by atoms with Crippen LogP contribution in [0.5, 0.6) is 0 Å². The lowest BCUT2D eigenvalue weighted by molar-refractivity contribution is 0.588. The van der Waals surface area contributed by atoms with Gasteiger partial charge in [0.15, 0.2) is 0 Å². The summed E-state index contributed by atoms with van der Waals surface area (Å²) in [7, 11) is -1.93. The third kappa shape index (κ3) is 5.51. The molecule has 0 amide bonds. The van der Waals surface area contributed by atoms with E-state index in [4.69, 9.17) is 0 Å². The Hall–Kier alpha value is -1.07. The lowest BCUT2D eigenvalue weighted by Crippen LogP contribution is -2.19. The van der Waals surface area contributed by atoms with Crippen molar-refractivity contribution in [2.24, 2.45) is 0 Å². The Bertz CT molecular complexity index is 483. The Balaban J connectivity index is 2.49. The Morgan fingerprint density at radius 1 is 1.10 bits per heavy atom. The second-order valence-electron chi connectivity index (χ2n) is 5.13. The predicted octanol–water partition coefficient (Wildman–Crippen LogP) is 3.37. The van der Waals surface area contributed by atoms with Gasteiger partial charge in [-0.15, -0.1) is 0 Å². The van der Waals surface area contributed by atoms with Crippen molar-refractivity contribution >= 4 is 15.7 Å². The second-order valence-corrected chi connectivity index (χ2v) is 7.01. The second kappa shape index (κ2) is 8.27. The Labute approximate surface area is 123 Å². The van der Waals surface area contributed by atoms with Crippen LogP contribution < -0.4 is 10.0 Å². The van der Waals surface area contributed by atoms with Crippen molar-refractivity contribution in [3.63, 3.8) is 0 Å². The SMILES string of the molecule is CCCCCCC(C)Nc1ccc(S(=O)(=O)NC)cc1. The number of benzene rings is 1. The smallest absolute Gasteiger partial charge is 0.240 e. The van der Waals surface area contributed by atoms with Crippen LogP contribution in [0, 0.1) is 0 Å². The van der Waals surface area contributed by atoms with E-state index < -0.39 is 10.0 Å². The molecule has 2 N–H and O–H groups in total. The first-order valence-electron chi connectivity index (χ1n) is 7.29. The van der Waals surface area contributed by atoms with Crippen LogP contribution in [0.15, 0.2) is 29.2 Å². The standard InChI is InChI=1S/C15H26N2O2S/c1-4-5-6-7-8-13(2)17-14-9-11-15(12-10-14)20(18,19)16-3/h9-13,16-17H,4-8H2,1-3H3. The molecule has 0 aliphatic carbocycles. The first-order chi connectivity index (χ1) is 9.49. The first kappa shape index (κ1) is 17.0. The fraction of sp³-hybridized carbons (Fsp3) is 0.600. The van der Waals surface area contributed by atoms with E-state index in [1.165, 1.54) is 32.7 Å². The molecule has 1 aromatic rings. The summed E-state index contributed by atoms with van der Waals surface area (Å²) in [6, 6.07) is 7.27. The largest absolute Gasteiger partial charge is 0.383 e. The molecule has 0 spiro atoms. The summed E-state index contributed by atoms with van der Waals surface area (Å²) in [5.74, 6) is 0. The molecule has 0 saturated heterocycles. The van der Waals surface area contributed by atoms with Gasteiger partial charge in [0, 0.05) is 11.7 Å². The normalized spacial score (nSPS) is 13.2. The van der Waals surface area contributed by atoms with Crippen molar-refractivity contribution in [1.82, 2.24) is 4.72 Å². The van der Waals surface area contributed by atoms with Crippen molar-refractivity contribution in [3.8, 4) is 0 Å². The van der Waals surface area contributed by atoms with Crippen molar-refractivity contribution < 1.29 is 8.42 Å². The zero-order valence-corrected chi connectivity index (χ0v) is 13.5. The third-order valence-electron chi connectivity index (χ3n) is 3.34. The van der Waals surface area contributed by atoms with Crippen molar-refractivity contribution in [3.05, 3.63) is 24.3 Å². The van der Waals surface area contributed by atoms with Crippen LogP contribution in [0.1, 0.15) is 46.0 Å². The summed E-state index contributed by atoms with van der Waals surface area (Å²) < 4.78 is 25.5. The maximum atomic E-state index is 11.6. The van der Waals surface area contributed by atoms with Gasteiger partial charge in [0.1, 0.15) is 0 Å². The molecule has 0 aliphatic rings. The van der Waals surface area contributed by atoms with Gasteiger partial charge in [-0.05, 0) is 44.7 Å². The lowest BCUT2D eigenvalue weighted by atomic mass is 10.1. The average Bonchev–Trinajstić information content (AvgIpc) is 2.44. The molecule has 0 aromatic heterocycles. The minimum Gasteiger partial charge on any atom is -0.383 e. The highest BCUT2D eigenvalue weighted by molar-refractivity contribution is 7.89. The molecule has 0 radical (unpaired) electrons. The zero-order chi connectivity index (χ0) is 15.0. The molecule has 0 fully saturated rings. The van der Waals surface area contributed by atoms with E-state index in [0.29, 0.717) is 10.9 Å². The van der Waals surface area contributed by atoms with Gasteiger partial charge in [-0.25, -0.2) is 13.1 Å². The Kier molecular flexibility index (Phi) is 7.02. The molecule has 20 heavy (non-hydrogen) atoms. The summed E-state index contributed by atoms with van der Waals surface area (Å²) in [4.78, 5) is 0.293. The molecule has 0 bridgehead atoms. The van der Waals surface area contributed by atoms with Gasteiger partial charge < -0.3 is 5.32 Å². The fourth-order valence-electron chi connectivity index (χ4n) is 2.08. The van der Waals surface area contributed by atoms with Gasteiger partial charge >= 0.3 is 0 Å². The molecule has 114 valence electrons. The van der Waals surface area contributed by atoms with Crippen molar-refractivity contribution in [1.29, 1.82) is 0 Å². The predicted molar refractivity (Wildman–Crippen MR) is 84.5 cm³/mol. The molecule has 4 nitrogen and oxygen atoms in total. The van der Waals surface area contributed by atoms with Crippen LogP contribution in [0.4, 0.5) is 5.69 Å². The summed E-state index contributed by atoms with van der Waals surface area (Å²) >= 11 is 0. The number of sulfonamides is 1. The Morgan fingerprint density at radius 2 is 1.75 bits per heavy atom. The molecule has 1 aromatic carbocycles. The van der Waals surface area contributed by atoms with Gasteiger partial charge in [-0.1, -0.05) is 32.6 Å². The first-order valence-corrected chi connectivity index (χ1v) is 8.78. The molecule has 1 atom stereocenters. The van der Waals surface area contributed by atoms with Gasteiger partial charge in [-0.2, -0.15) is 0 Å². The average molecular weight is 298 g/mol. The van der Waals surface area contributed by atoms with E-state index in [9.17, 15) is 8.42 Å². The molecule has 0 aliphatic heterocycles. The highest BCUT2D eigenvalue weighted by Gasteiger charge is 2.10. The summed E-state index contributed by atoms with van der Waals surface area (Å²) in [6.45, 7) is 4.37. The summed E-state index contributed by atoms with van der Waals surface area (Å²) in [5, 5.41) is 3.40. The minimum atomic E-state index is -3.34. The number of hydrogen-bond acceptors (Lipinski definition) is 3. The van der Waals surface area contributed by atoms with E-state index in [-0.39, 0.29) is 0 Å². The van der Waals surface area contributed by atoms with E-state index >= 15 is 0 Å². The summed E-state index contributed by atoms with van der Waals surface area (Å²) in [5.41, 5.74) is 0.961. The van der Waals surface area contributed by atoms with Gasteiger partial charge in [-0.3, -0.25) is 0 Å². The molecule has 1 rings (SSSR count). The maximum absolute atomic E-state index is 11.6. The highest BCUT2D eigenvalue weighted by Crippen LogP contribution is 2.16. The number of rotatable bonds is 9. The van der Waals surface area contributed by atoms with Crippen LogP contribution in [0.3, 0.4) is 0 Å². The number of hydrogen-bond donors (Lipinski definition) is 2. The van der Waals surface area contributed by atoms with Gasteiger partial charge in [0.25, 0.3) is 0 Å². The highest BCUT2D eigenvalue weighted by atomic mass is 32.2. The van der Waals surface area contributed by atoms with Gasteiger partial charge in [0.05, 0.1) is 4.90 Å². The Morgan fingerprint density at radius 3 is 2.30 bits per heavy atom. The molecular weight excluding hydrogens is 272 g/mol. The van der Waals surface area contributed by atoms with Crippen LogP contribution >= 0.6 is 0 Å². The van der Waals surface area contributed by atoms with E-state index in [2.05, 4.69) is 23.9 Å². The molecular formula is C15H26N2O2S. The number of unbranched alkanes of at least 4 members (excludes halogenated alkanes) is 3. The molecule has 0 saturated carbocycles. The minimum absolute atomic E-state index is 0.293.